The van der Waals surface area contributed by atoms with Crippen molar-refractivity contribution in [2.24, 2.45) is 5.92 Å². The van der Waals surface area contributed by atoms with E-state index < -0.39 is 0 Å². The van der Waals surface area contributed by atoms with Crippen LogP contribution in [0.5, 0.6) is 0 Å². The number of aryl methyl sites for hydroxylation is 1. The van der Waals surface area contributed by atoms with Crippen LogP contribution in [-0.2, 0) is 0 Å². The lowest BCUT2D eigenvalue weighted by Gasteiger charge is -2.12. The number of carbonyl (C=O) groups excluding carboxylic acids is 1. The normalized spacial score (nSPS) is 18.1. The molecule has 21 heavy (non-hydrogen) atoms. The predicted molar refractivity (Wildman–Crippen MR) is 83.1 cm³/mol. The van der Waals surface area contributed by atoms with Crippen molar-refractivity contribution in [2.75, 3.05) is 33.3 Å². The summed E-state index contributed by atoms with van der Waals surface area (Å²) in [5.41, 5.74) is 2.27. The number of amides is 1. The Labute approximate surface area is 126 Å². The molecular weight excluding hydrogens is 264 g/mol. The van der Waals surface area contributed by atoms with Crippen LogP contribution in [0.2, 0.25) is 0 Å². The zero-order chi connectivity index (χ0) is 15.2. The first-order valence-electron chi connectivity index (χ1n) is 7.27. The van der Waals surface area contributed by atoms with E-state index in [1.807, 2.05) is 25.1 Å². The lowest BCUT2D eigenvalue weighted by Crippen LogP contribution is -2.31. The van der Waals surface area contributed by atoms with E-state index in [0.717, 1.165) is 25.1 Å². The number of carbonyl (C=O) groups is 1. The zero-order valence-electron chi connectivity index (χ0n) is 12.6. The summed E-state index contributed by atoms with van der Waals surface area (Å²) in [6.45, 7) is 4.57. The molecule has 4 nitrogen and oxygen atoms in total. The molecule has 2 rings (SSSR count). The third-order valence-corrected chi connectivity index (χ3v) is 3.76. The molecule has 1 atom stereocenters. The van der Waals surface area contributed by atoms with Gasteiger partial charge in [0.2, 0.25) is 0 Å². The van der Waals surface area contributed by atoms with Gasteiger partial charge in [-0.2, -0.15) is 0 Å². The number of likely N-dealkylation sites (tertiary alicyclic amines) is 1. The minimum absolute atomic E-state index is 0.0875. The maximum Gasteiger partial charge on any atom is 0.252 e. The summed E-state index contributed by atoms with van der Waals surface area (Å²) in [7, 11) is 2.10. The fraction of sp³-hybridized carbons (Fsp3) is 0.471. The molecule has 2 N–H and O–H groups in total. The number of nitrogens with zero attached hydrogens (tertiary/aromatic N) is 1. The first kappa shape index (κ1) is 15.6. The van der Waals surface area contributed by atoms with Gasteiger partial charge >= 0.3 is 0 Å². The van der Waals surface area contributed by atoms with Crippen LogP contribution in [0, 0.1) is 24.7 Å². The standard InChI is InChI=1S/C17H22N2O2/c1-13-5-6-15(4-3-9-20)16(10-13)17(21)18-11-14-7-8-19(2)12-14/h5-6,10,14,20H,7-9,11-12H2,1-2H3,(H,18,21). The average Bonchev–Trinajstić information content (AvgIpc) is 2.89. The second kappa shape index (κ2) is 7.26. The second-order valence-electron chi connectivity index (χ2n) is 5.64. The molecule has 0 saturated carbocycles. The van der Waals surface area contributed by atoms with Crippen molar-refractivity contribution >= 4 is 5.91 Å². The van der Waals surface area contributed by atoms with Gasteiger partial charge < -0.3 is 15.3 Å². The Bertz CT molecular complexity index is 572. The van der Waals surface area contributed by atoms with Crippen LogP contribution in [0.25, 0.3) is 0 Å². The molecule has 0 spiro atoms. The Hall–Kier alpha value is -1.83. The third-order valence-electron chi connectivity index (χ3n) is 3.76. The zero-order valence-corrected chi connectivity index (χ0v) is 12.6. The molecule has 1 aromatic rings. The molecule has 0 aliphatic carbocycles. The second-order valence-corrected chi connectivity index (χ2v) is 5.64. The van der Waals surface area contributed by atoms with Crippen molar-refractivity contribution in [2.45, 2.75) is 13.3 Å². The Balaban J connectivity index is 2.05. The lowest BCUT2D eigenvalue weighted by molar-refractivity contribution is 0.0947. The number of nitrogens with one attached hydrogen (secondary N) is 1. The van der Waals surface area contributed by atoms with Gasteiger partial charge in [-0.05, 0) is 45.0 Å². The van der Waals surface area contributed by atoms with E-state index in [9.17, 15) is 4.79 Å². The van der Waals surface area contributed by atoms with Gasteiger partial charge in [0.1, 0.15) is 6.61 Å². The fourth-order valence-corrected chi connectivity index (χ4v) is 2.61. The van der Waals surface area contributed by atoms with E-state index >= 15 is 0 Å². The van der Waals surface area contributed by atoms with E-state index in [0.29, 0.717) is 23.6 Å². The topological polar surface area (TPSA) is 52.6 Å². The molecular formula is C17H22N2O2. The summed E-state index contributed by atoms with van der Waals surface area (Å²) in [4.78, 5) is 14.6. The Morgan fingerprint density at radius 3 is 3.00 bits per heavy atom. The molecule has 0 aromatic heterocycles. The smallest absolute Gasteiger partial charge is 0.252 e. The summed E-state index contributed by atoms with van der Waals surface area (Å²) in [5, 5.41) is 11.8. The molecule has 1 aliphatic heterocycles. The van der Waals surface area contributed by atoms with Crippen LogP contribution in [0.4, 0.5) is 0 Å². The predicted octanol–water partition coefficient (Wildman–Crippen LogP) is 1.02. The Morgan fingerprint density at radius 1 is 1.52 bits per heavy atom. The Morgan fingerprint density at radius 2 is 2.33 bits per heavy atom. The molecule has 1 aliphatic rings. The molecule has 1 saturated heterocycles. The highest BCUT2D eigenvalue weighted by molar-refractivity contribution is 5.96. The minimum Gasteiger partial charge on any atom is -0.384 e. The first-order chi connectivity index (χ1) is 10.1. The van der Waals surface area contributed by atoms with Crippen molar-refractivity contribution < 1.29 is 9.90 Å². The SMILES string of the molecule is Cc1ccc(C#CCO)c(C(=O)NCC2CCN(C)C2)c1. The Kier molecular flexibility index (Phi) is 5.38. The van der Waals surface area contributed by atoms with Gasteiger partial charge in [-0.3, -0.25) is 4.79 Å². The molecule has 1 fully saturated rings. The van der Waals surface area contributed by atoms with Crippen LogP contribution in [0.3, 0.4) is 0 Å². The van der Waals surface area contributed by atoms with Crippen molar-refractivity contribution in [3.63, 3.8) is 0 Å². The van der Waals surface area contributed by atoms with Crippen LogP contribution in [0.1, 0.15) is 27.9 Å². The quantitative estimate of drug-likeness (QED) is 0.816. The van der Waals surface area contributed by atoms with Crippen molar-refractivity contribution in [1.82, 2.24) is 10.2 Å². The summed E-state index contributed by atoms with van der Waals surface area (Å²) >= 11 is 0. The van der Waals surface area contributed by atoms with Gasteiger partial charge in [-0.1, -0.05) is 23.5 Å². The number of hydrogen-bond donors (Lipinski definition) is 2. The molecule has 1 amide bonds. The van der Waals surface area contributed by atoms with Gasteiger partial charge in [0, 0.05) is 18.7 Å². The van der Waals surface area contributed by atoms with Crippen LogP contribution < -0.4 is 5.32 Å². The van der Waals surface area contributed by atoms with E-state index in [-0.39, 0.29) is 12.5 Å². The van der Waals surface area contributed by atoms with E-state index in [4.69, 9.17) is 5.11 Å². The van der Waals surface area contributed by atoms with Crippen molar-refractivity contribution in [3.8, 4) is 11.8 Å². The van der Waals surface area contributed by atoms with E-state index in [1.165, 1.54) is 0 Å². The van der Waals surface area contributed by atoms with E-state index in [1.54, 1.807) is 0 Å². The number of rotatable bonds is 3. The molecule has 112 valence electrons. The largest absolute Gasteiger partial charge is 0.384 e. The monoisotopic (exact) mass is 286 g/mol. The van der Waals surface area contributed by atoms with Gasteiger partial charge in [-0.15, -0.1) is 0 Å². The van der Waals surface area contributed by atoms with Crippen LogP contribution in [-0.4, -0.2) is 49.2 Å². The van der Waals surface area contributed by atoms with Crippen molar-refractivity contribution in [3.05, 3.63) is 34.9 Å². The molecule has 1 heterocycles. The number of benzene rings is 1. The van der Waals surface area contributed by atoms with Gasteiger partial charge in [0.15, 0.2) is 0 Å². The molecule has 0 radical (unpaired) electrons. The highest BCUT2D eigenvalue weighted by Gasteiger charge is 2.20. The molecule has 1 unspecified atom stereocenters. The number of aliphatic hydroxyl groups excluding tert-OH is 1. The highest BCUT2D eigenvalue weighted by Crippen LogP contribution is 2.14. The van der Waals surface area contributed by atoms with E-state index in [2.05, 4.69) is 29.1 Å². The summed E-state index contributed by atoms with van der Waals surface area (Å²) in [6.07, 6.45) is 1.13. The molecule has 4 heteroatoms. The average molecular weight is 286 g/mol. The van der Waals surface area contributed by atoms with Crippen molar-refractivity contribution in [1.29, 1.82) is 0 Å². The number of aliphatic hydroxyl groups is 1. The summed E-state index contributed by atoms with van der Waals surface area (Å²) in [6, 6.07) is 5.60. The maximum atomic E-state index is 12.4. The molecule has 1 aromatic carbocycles. The summed E-state index contributed by atoms with van der Waals surface area (Å²) in [5.74, 6) is 5.87. The highest BCUT2D eigenvalue weighted by atomic mass is 16.2. The van der Waals surface area contributed by atoms with Gasteiger partial charge in [-0.25, -0.2) is 0 Å². The lowest BCUT2D eigenvalue weighted by atomic mass is 10.0. The van der Waals surface area contributed by atoms with Crippen LogP contribution >= 0.6 is 0 Å². The fourth-order valence-electron chi connectivity index (χ4n) is 2.61. The van der Waals surface area contributed by atoms with Gasteiger partial charge in [0.05, 0.1) is 5.56 Å². The van der Waals surface area contributed by atoms with Gasteiger partial charge in [0.25, 0.3) is 5.91 Å². The maximum absolute atomic E-state index is 12.4. The summed E-state index contributed by atoms with van der Waals surface area (Å²) < 4.78 is 0. The first-order valence-corrected chi connectivity index (χ1v) is 7.27. The number of hydrogen-bond acceptors (Lipinski definition) is 3. The van der Waals surface area contributed by atoms with Crippen LogP contribution in [0.15, 0.2) is 18.2 Å². The third kappa shape index (κ3) is 4.32. The minimum atomic E-state index is -0.205. The molecule has 0 bridgehead atoms.